The number of hydrogen-bond acceptors (Lipinski definition) is 6. The average molecular weight is 254 g/mol. The summed E-state index contributed by atoms with van der Waals surface area (Å²) in [5, 5.41) is 0. The van der Waals surface area contributed by atoms with Gasteiger partial charge in [0, 0.05) is 12.8 Å². The fraction of sp³-hybridized carbons (Fsp3) is 0.750. The highest BCUT2D eigenvalue weighted by atomic mass is 32.2. The van der Waals surface area contributed by atoms with Gasteiger partial charge in [-0.05, 0) is 0 Å². The molecule has 16 heavy (non-hydrogen) atoms. The first-order chi connectivity index (χ1) is 7.35. The topological polar surface area (TPSA) is 107 Å². The van der Waals surface area contributed by atoms with Crippen LogP contribution < -0.4 is 0 Å². The molecule has 0 heterocycles. The molecule has 7 nitrogen and oxygen atoms in total. The zero-order valence-corrected chi connectivity index (χ0v) is 9.66. The normalized spacial score (nSPS) is 10.9. The zero-order chi connectivity index (χ0) is 12.6. The Morgan fingerprint density at radius 1 is 1.12 bits per heavy atom. The third-order valence-corrected chi connectivity index (χ3v) is 2.00. The van der Waals surface area contributed by atoms with Crippen LogP contribution in [-0.4, -0.2) is 43.9 Å². The van der Waals surface area contributed by atoms with Crippen molar-refractivity contribution in [2.75, 3.05) is 19.0 Å². The monoisotopic (exact) mass is 254 g/mol. The van der Waals surface area contributed by atoms with Gasteiger partial charge in [0.25, 0.3) is 10.1 Å². The van der Waals surface area contributed by atoms with E-state index in [1.807, 2.05) is 0 Å². The lowest BCUT2D eigenvalue weighted by atomic mass is 10.4. The summed E-state index contributed by atoms with van der Waals surface area (Å²) >= 11 is 0. The Morgan fingerprint density at radius 2 is 1.62 bits per heavy atom. The quantitative estimate of drug-likeness (QED) is 0.379. The van der Waals surface area contributed by atoms with Crippen molar-refractivity contribution < 1.29 is 32.0 Å². The van der Waals surface area contributed by atoms with Gasteiger partial charge in [-0.1, -0.05) is 6.92 Å². The standard InChI is InChI=1S/C8H14O7S/c1-2-7(9)14-4-3-5-15-8(10)6-16(11,12)13/h2-6H2,1H3,(H,11,12,13). The van der Waals surface area contributed by atoms with Gasteiger partial charge in [0.15, 0.2) is 5.75 Å². The lowest BCUT2D eigenvalue weighted by molar-refractivity contribution is -0.144. The van der Waals surface area contributed by atoms with Crippen LogP contribution in [0.1, 0.15) is 19.8 Å². The summed E-state index contributed by atoms with van der Waals surface area (Å²) in [6.45, 7) is 1.69. The molecule has 94 valence electrons. The number of hydrogen-bond donors (Lipinski definition) is 1. The Balaban J connectivity index is 3.53. The van der Waals surface area contributed by atoms with Crippen LogP contribution in [0.5, 0.6) is 0 Å². The molecule has 0 saturated heterocycles. The fourth-order valence-corrected chi connectivity index (χ4v) is 1.10. The summed E-state index contributed by atoms with van der Waals surface area (Å²) in [5.41, 5.74) is 0. The van der Waals surface area contributed by atoms with Crippen molar-refractivity contribution >= 4 is 22.1 Å². The minimum atomic E-state index is -4.34. The van der Waals surface area contributed by atoms with E-state index < -0.39 is 21.8 Å². The van der Waals surface area contributed by atoms with Crippen LogP contribution in [0.3, 0.4) is 0 Å². The predicted octanol–water partition coefficient (Wildman–Crippen LogP) is -0.239. The van der Waals surface area contributed by atoms with Crippen LogP contribution in [0.2, 0.25) is 0 Å². The van der Waals surface area contributed by atoms with Crippen LogP contribution in [0.4, 0.5) is 0 Å². The van der Waals surface area contributed by atoms with Gasteiger partial charge < -0.3 is 9.47 Å². The van der Waals surface area contributed by atoms with Gasteiger partial charge >= 0.3 is 11.9 Å². The number of esters is 2. The Bertz CT molecular complexity index is 332. The molecule has 0 aromatic heterocycles. The van der Waals surface area contributed by atoms with E-state index in [2.05, 4.69) is 9.47 Å². The third kappa shape index (κ3) is 9.41. The third-order valence-electron chi connectivity index (χ3n) is 1.40. The largest absolute Gasteiger partial charge is 0.466 e. The second-order valence-electron chi connectivity index (χ2n) is 2.87. The first kappa shape index (κ1) is 14.8. The Hall–Kier alpha value is -1.15. The highest BCUT2D eigenvalue weighted by Crippen LogP contribution is 1.91. The van der Waals surface area contributed by atoms with E-state index >= 15 is 0 Å². The molecule has 0 aromatic carbocycles. The Labute approximate surface area is 93.5 Å². The Kier molecular flexibility index (Phi) is 6.66. The molecular weight excluding hydrogens is 240 g/mol. The van der Waals surface area contributed by atoms with E-state index in [4.69, 9.17) is 4.55 Å². The molecule has 0 unspecified atom stereocenters. The highest BCUT2D eigenvalue weighted by molar-refractivity contribution is 7.86. The molecule has 0 rings (SSSR count). The lowest BCUT2D eigenvalue weighted by Gasteiger charge is -2.04. The van der Waals surface area contributed by atoms with Gasteiger partial charge in [0.2, 0.25) is 0 Å². The molecule has 1 N–H and O–H groups in total. The van der Waals surface area contributed by atoms with Crippen molar-refractivity contribution in [2.45, 2.75) is 19.8 Å². The van der Waals surface area contributed by atoms with Crippen molar-refractivity contribution in [2.24, 2.45) is 0 Å². The summed E-state index contributed by atoms with van der Waals surface area (Å²) in [5.74, 6) is -2.46. The van der Waals surface area contributed by atoms with Crippen molar-refractivity contribution in [3.63, 3.8) is 0 Å². The number of carbonyl (C=O) groups is 2. The van der Waals surface area contributed by atoms with Crippen LogP contribution in [-0.2, 0) is 29.2 Å². The SMILES string of the molecule is CCC(=O)OCCCOC(=O)CS(=O)(=O)O. The first-order valence-corrected chi connectivity index (χ1v) is 6.22. The van der Waals surface area contributed by atoms with Crippen LogP contribution in [0, 0.1) is 0 Å². The molecule has 0 bridgehead atoms. The summed E-state index contributed by atoms with van der Waals surface area (Å²) < 4.78 is 37.9. The Morgan fingerprint density at radius 3 is 2.06 bits per heavy atom. The molecule has 0 aliphatic carbocycles. The van der Waals surface area contributed by atoms with E-state index in [9.17, 15) is 18.0 Å². The van der Waals surface area contributed by atoms with Gasteiger partial charge in [0.05, 0.1) is 13.2 Å². The van der Waals surface area contributed by atoms with Crippen molar-refractivity contribution in [3.8, 4) is 0 Å². The van der Waals surface area contributed by atoms with Crippen molar-refractivity contribution in [1.82, 2.24) is 0 Å². The van der Waals surface area contributed by atoms with Gasteiger partial charge in [-0.3, -0.25) is 14.1 Å². The molecular formula is C8H14O7S. The molecule has 0 atom stereocenters. The number of rotatable bonds is 7. The molecule has 0 spiro atoms. The summed E-state index contributed by atoms with van der Waals surface area (Å²) in [6.07, 6.45) is 0.547. The molecule has 0 aliphatic heterocycles. The van der Waals surface area contributed by atoms with Crippen molar-refractivity contribution in [1.29, 1.82) is 0 Å². The smallest absolute Gasteiger partial charge is 0.323 e. The lowest BCUT2D eigenvalue weighted by Crippen LogP contribution is -2.18. The fourth-order valence-electron chi connectivity index (χ4n) is 0.724. The predicted molar refractivity (Wildman–Crippen MR) is 53.2 cm³/mol. The van der Waals surface area contributed by atoms with Gasteiger partial charge in [-0.2, -0.15) is 8.42 Å². The van der Waals surface area contributed by atoms with Gasteiger partial charge in [-0.15, -0.1) is 0 Å². The molecule has 8 heteroatoms. The van der Waals surface area contributed by atoms with Gasteiger partial charge in [-0.25, -0.2) is 0 Å². The second-order valence-corrected chi connectivity index (χ2v) is 4.33. The van der Waals surface area contributed by atoms with E-state index in [-0.39, 0.29) is 32.0 Å². The van der Waals surface area contributed by atoms with Crippen LogP contribution in [0.15, 0.2) is 0 Å². The molecule has 0 radical (unpaired) electrons. The molecule has 0 amide bonds. The first-order valence-electron chi connectivity index (χ1n) is 4.61. The summed E-state index contributed by atoms with van der Waals surface area (Å²) in [4.78, 5) is 21.4. The number of carbonyl (C=O) groups excluding carboxylic acids is 2. The summed E-state index contributed by atoms with van der Waals surface area (Å²) in [6, 6.07) is 0. The average Bonchev–Trinajstić information content (AvgIpc) is 2.14. The zero-order valence-electron chi connectivity index (χ0n) is 8.84. The van der Waals surface area contributed by atoms with Gasteiger partial charge in [0.1, 0.15) is 0 Å². The van der Waals surface area contributed by atoms with Crippen molar-refractivity contribution in [3.05, 3.63) is 0 Å². The summed E-state index contributed by atoms with van der Waals surface area (Å²) in [7, 11) is -4.34. The molecule has 0 saturated carbocycles. The maximum absolute atomic E-state index is 10.7. The second kappa shape index (κ2) is 7.18. The van der Waals surface area contributed by atoms with E-state index in [0.29, 0.717) is 0 Å². The maximum atomic E-state index is 10.7. The van der Waals surface area contributed by atoms with Crippen LogP contribution >= 0.6 is 0 Å². The molecule has 0 aromatic rings. The number of ether oxygens (including phenoxy) is 2. The minimum absolute atomic E-state index is 0.0641. The molecule has 0 fully saturated rings. The molecule has 0 aliphatic rings. The van der Waals surface area contributed by atoms with Crippen LogP contribution in [0.25, 0.3) is 0 Å². The highest BCUT2D eigenvalue weighted by Gasteiger charge is 2.13. The maximum Gasteiger partial charge on any atom is 0.323 e. The van der Waals surface area contributed by atoms with E-state index in [0.717, 1.165) is 0 Å². The van der Waals surface area contributed by atoms with E-state index in [1.165, 1.54) is 0 Å². The minimum Gasteiger partial charge on any atom is -0.466 e. The van der Waals surface area contributed by atoms with E-state index in [1.54, 1.807) is 6.92 Å².